The number of aliphatic imine (C=N–C) groups is 1. The largest absolute Gasteiger partial charge is 0.386 e. The molecule has 2 aliphatic rings. The van der Waals surface area contributed by atoms with E-state index in [1.807, 2.05) is 13.8 Å². The van der Waals surface area contributed by atoms with Crippen molar-refractivity contribution in [3.63, 3.8) is 0 Å². The van der Waals surface area contributed by atoms with E-state index in [0.29, 0.717) is 17.1 Å². The summed E-state index contributed by atoms with van der Waals surface area (Å²) < 4.78 is -0.926. The van der Waals surface area contributed by atoms with E-state index in [0.717, 1.165) is 0 Å². The second kappa shape index (κ2) is 6.59. The fraction of sp³-hybridized carbons (Fsp3) is 0.471. The SMILES string of the molecule is CCSC1(SCC)N=C(N)C2(C#N)C(c3ccc(Cl)c([N+](=O)[O-])c3)C12C#N. The highest BCUT2D eigenvalue weighted by Crippen LogP contribution is 2.85. The molecule has 1 heterocycles. The summed E-state index contributed by atoms with van der Waals surface area (Å²) in [5.74, 6) is 0.882. The smallest absolute Gasteiger partial charge is 0.288 e. The van der Waals surface area contributed by atoms with Gasteiger partial charge in [0, 0.05) is 12.0 Å². The zero-order chi connectivity index (χ0) is 20.0. The minimum atomic E-state index is -1.30. The Morgan fingerprint density at radius 3 is 2.44 bits per heavy atom. The lowest BCUT2D eigenvalue weighted by atomic mass is 9.97. The molecule has 1 saturated carbocycles. The summed E-state index contributed by atoms with van der Waals surface area (Å²) in [6, 6.07) is 8.97. The molecule has 140 valence electrons. The number of benzene rings is 1. The van der Waals surface area contributed by atoms with Gasteiger partial charge in [0.2, 0.25) is 0 Å². The zero-order valence-corrected chi connectivity index (χ0v) is 17.0. The van der Waals surface area contributed by atoms with Crippen LogP contribution in [0.3, 0.4) is 0 Å². The summed E-state index contributed by atoms with van der Waals surface area (Å²) in [5.41, 5.74) is 3.96. The molecule has 1 aromatic rings. The van der Waals surface area contributed by atoms with E-state index in [1.54, 1.807) is 6.07 Å². The topological polar surface area (TPSA) is 129 Å². The number of amidine groups is 1. The van der Waals surface area contributed by atoms with Crippen molar-refractivity contribution < 1.29 is 4.92 Å². The molecule has 0 saturated heterocycles. The van der Waals surface area contributed by atoms with Crippen molar-refractivity contribution in [2.75, 3.05) is 11.5 Å². The minimum Gasteiger partial charge on any atom is -0.386 e. The van der Waals surface area contributed by atoms with Crippen LogP contribution in [-0.4, -0.2) is 26.5 Å². The minimum absolute atomic E-state index is 0.00495. The molecule has 1 aliphatic carbocycles. The molecule has 1 fully saturated rings. The number of nitrogens with two attached hydrogens (primary N) is 1. The van der Waals surface area contributed by atoms with E-state index in [9.17, 15) is 20.6 Å². The van der Waals surface area contributed by atoms with Gasteiger partial charge in [-0.2, -0.15) is 10.5 Å². The van der Waals surface area contributed by atoms with E-state index >= 15 is 0 Å². The molecule has 0 aromatic heterocycles. The number of halogens is 1. The summed E-state index contributed by atoms with van der Waals surface area (Å²) in [7, 11) is 0. The highest BCUT2D eigenvalue weighted by Gasteiger charge is 2.91. The lowest BCUT2D eigenvalue weighted by Gasteiger charge is -2.31. The number of nitro benzene ring substituents is 1. The first-order valence-corrected chi connectivity index (χ1v) is 10.6. The van der Waals surface area contributed by atoms with Crippen LogP contribution >= 0.6 is 35.1 Å². The predicted octanol–water partition coefficient (Wildman–Crippen LogP) is 3.90. The number of nitro groups is 1. The van der Waals surface area contributed by atoms with Crippen LogP contribution < -0.4 is 5.73 Å². The summed E-state index contributed by atoms with van der Waals surface area (Å²) in [6.45, 7) is 3.91. The molecule has 2 N–H and O–H groups in total. The number of fused-ring (bicyclic) bond motifs is 1. The zero-order valence-electron chi connectivity index (χ0n) is 14.6. The van der Waals surface area contributed by atoms with Crippen LogP contribution in [0.15, 0.2) is 23.2 Å². The van der Waals surface area contributed by atoms with Crippen molar-refractivity contribution in [2.45, 2.75) is 24.0 Å². The van der Waals surface area contributed by atoms with E-state index in [-0.39, 0.29) is 16.5 Å². The van der Waals surface area contributed by atoms with Crippen LogP contribution in [0.1, 0.15) is 25.3 Å². The third kappa shape index (κ3) is 2.25. The molecule has 3 rings (SSSR count). The maximum absolute atomic E-state index is 11.3. The van der Waals surface area contributed by atoms with Gasteiger partial charge >= 0.3 is 0 Å². The van der Waals surface area contributed by atoms with E-state index in [4.69, 9.17) is 17.3 Å². The molecule has 1 aromatic carbocycles. The maximum atomic E-state index is 11.3. The Bertz CT molecular complexity index is 934. The highest BCUT2D eigenvalue weighted by atomic mass is 35.5. The molecule has 10 heteroatoms. The van der Waals surface area contributed by atoms with Crippen LogP contribution in [0.4, 0.5) is 5.69 Å². The van der Waals surface area contributed by atoms with Crippen molar-refractivity contribution in [1.29, 1.82) is 10.5 Å². The summed E-state index contributed by atoms with van der Waals surface area (Å²) in [5, 5.41) is 31.5. The molecule has 27 heavy (non-hydrogen) atoms. The highest BCUT2D eigenvalue weighted by molar-refractivity contribution is 8.18. The second-order valence-electron chi connectivity index (χ2n) is 6.19. The van der Waals surface area contributed by atoms with Gasteiger partial charge in [-0.25, -0.2) is 4.99 Å². The maximum Gasteiger partial charge on any atom is 0.288 e. The van der Waals surface area contributed by atoms with Gasteiger partial charge in [0.05, 0.1) is 17.1 Å². The molecular formula is C17H16ClN5O2S2. The van der Waals surface area contributed by atoms with E-state index in [2.05, 4.69) is 17.1 Å². The lowest BCUT2D eigenvalue weighted by Crippen LogP contribution is -2.31. The number of thioether (sulfide) groups is 2. The van der Waals surface area contributed by atoms with E-state index in [1.165, 1.54) is 35.7 Å². The third-order valence-corrected chi connectivity index (χ3v) is 8.32. The first kappa shape index (κ1) is 19.8. The quantitative estimate of drug-likeness (QED) is 0.418. The first-order chi connectivity index (χ1) is 12.8. The lowest BCUT2D eigenvalue weighted by molar-refractivity contribution is -0.384. The van der Waals surface area contributed by atoms with Gasteiger partial charge in [-0.15, -0.1) is 23.5 Å². The van der Waals surface area contributed by atoms with Crippen LogP contribution in [0.5, 0.6) is 0 Å². The fourth-order valence-corrected chi connectivity index (χ4v) is 7.54. The Kier molecular flexibility index (Phi) is 4.84. The van der Waals surface area contributed by atoms with Crippen LogP contribution in [0.25, 0.3) is 0 Å². The van der Waals surface area contributed by atoms with Crippen LogP contribution in [0, 0.1) is 43.6 Å². The number of rotatable bonds is 6. The van der Waals surface area contributed by atoms with Gasteiger partial charge in [0.15, 0.2) is 4.20 Å². The Hall–Kier alpha value is -1.94. The standard InChI is InChI=1S/C17H16ClN5O2S2/c1-3-26-17(27-4-2)16(9-20)13(15(16,8-19)14(21)22-17)10-5-6-11(18)12(7-10)23(24)25/h5-7,13H,3-4H2,1-2H3,(H2,21,22). The van der Waals surface area contributed by atoms with Gasteiger partial charge in [0.25, 0.3) is 5.69 Å². The molecule has 3 unspecified atom stereocenters. The van der Waals surface area contributed by atoms with Crippen molar-refractivity contribution in [1.82, 2.24) is 0 Å². The van der Waals surface area contributed by atoms with Gasteiger partial charge in [0.1, 0.15) is 21.7 Å². The normalized spacial score (nSPS) is 30.0. The predicted molar refractivity (Wildman–Crippen MR) is 108 cm³/mol. The Balaban J connectivity index is 2.24. The fourth-order valence-electron chi connectivity index (χ4n) is 4.10. The number of nitriles is 2. The monoisotopic (exact) mass is 421 g/mol. The van der Waals surface area contributed by atoms with Crippen molar-refractivity contribution in [3.8, 4) is 12.1 Å². The number of hydrogen-bond acceptors (Lipinski definition) is 8. The van der Waals surface area contributed by atoms with Crippen molar-refractivity contribution >= 4 is 46.6 Å². The van der Waals surface area contributed by atoms with Gasteiger partial charge < -0.3 is 5.73 Å². The summed E-state index contributed by atoms with van der Waals surface area (Å²) in [4.78, 5) is 15.3. The summed E-state index contributed by atoms with van der Waals surface area (Å²) in [6.07, 6.45) is 0. The van der Waals surface area contributed by atoms with Crippen molar-refractivity contribution in [3.05, 3.63) is 38.9 Å². The van der Waals surface area contributed by atoms with Crippen LogP contribution in [-0.2, 0) is 0 Å². The molecule has 1 aliphatic heterocycles. The van der Waals surface area contributed by atoms with Gasteiger partial charge in [-0.3, -0.25) is 10.1 Å². The average Bonchev–Trinajstić information content (AvgIpc) is 3.21. The summed E-state index contributed by atoms with van der Waals surface area (Å²) >= 11 is 8.88. The average molecular weight is 422 g/mol. The van der Waals surface area contributed by atoms with E-state index < -0.39 is 25.9 Å². The first-order valence-electron chi connectivity index (χ1n) is 8.21. The Morgan fingerprint density at radius 1 is 1.33 bits per heavy atom. The van der Waals surface area contributed by atoms with Gasteiger partial charge in [-0.1, -0.05) is 31.5 Å². The molecular weight excluding hydrogens is 406 g/mol. The van der Waals surface area contributed by atoms with Crippen molar-refractivity contribution in [2.24, 2.45) is 21.6 Å². The molecule has 3 atom stereocenters. The number of nitrogens with zero attached hydrogens (tertiary/aromatic N) is 4. The van der Waals surface area contributed by atoms with Crippen LogP contribution in [0.2, 0.25) is 5.02 Å². The molecule has 7 nitrogen and oxygen atoms in total. The molecule has 0 bridgehead atoms. The Morgan fingerprint density at radius 2 is 1.96 bits per heavy atom. The van der Waals surface area contributed by atoms with Gasteiger partial charge in [-0.05, 0) is 23.1 Å². The number of hydrogen-bond donors (Lipinski definition) is 1. The second-order valence-corrected chi connectivity index (χ2v) is 9.76. The third-order valence-electron chi connectivity index (χ3n) is 5.11. The molecule has 0 spiro atoms. The Labute approximate surface area is 170 Å². The molecule has 0 radical (unpaired) electrons. The molecule has 0 amide bonds.